The lowest BCUT2D eigenvalue weighted by atomic mass is 10.2. The number of ether oxygens (including phenoxy) is 1. The van der Waals surface area contributed by atoms with Gasteiger partial charge in [0.25, 0.3) is 5.56 Å². The van der Waals surface area contributed by atoms with E-state index in [2.05, 4.69) is 17.0 Å². The Morgan fingerprint density at radius 2 is 1.96 bits per heavy atom. The molecule has 0 fully saturated rings. The number of rotatable bonds is 6. The Hall–Kier alpha value is -2.95. The van der Waals surface area contributed by atoms with Crippen LogP contribution >= 0.6 is 0 Å². The van der Waals surface area contributed by atoms with E-state index < -0.39 is 0 Å². The topological polar surface area (TPSA) is 56.5 Å². The first-order valence-electron chi connectivity index (χ1n) is 8.01. The molecule has 0 aliphatic heterocycles. The van der Waals surface area contributed by atoms with Gasteiger partial charge in [-0.25, -0.2) is 4.98 Å². The minimum atomic E-state index is -0.184. The van der Waals surface area contributed by atoms with Crippen LogP contribution in [0.3, 0.4) is 0 Å². The number of unbranched alkanes of at least 4 members (excludes halogenated alkanes) is 1. The van der Waals surface area contributed by atoms with Gasteiger partial charge in [-0.1, -0.05) is 25.5 Å². The maximum absolute atomic E-state index is 12.3. The highest BCUT2D eigenvalue weighted by Gasteiger charge is 2.01. The third kappa shape index (κ3) is 3.68. The number of nitrogens with zero attached hydrogens (tertiary/aromatic N) is 3. The molecule has 0 bridgehead atoms. The summed E-state index contributed by atoms with van der Waals surface area (Å²) in [5.74, 6) is 0.838. The summed E-state index contributed by atoms with van der Waals surface area (Å²) in [4.78, 5) is 16.6. The summed E-state index contributed by atoms with van der Waals surface area (Å²) in [5, 5.41) is 4.76. The van der Waals surface area contributed by atoms with E-state index in [1.165, 1.54) is 11.0 Å². The lowest BCUT2D eigenvalue weighted by molar-refractivity contribution is 0.309. The first-order chi connectivity index (χ1) is 11.8. The molecule has 0 saturated carbocycles. The molecule has 122 valence electrons. The number of para-hydroxylation sites is 1. The van der Waals surface area contributed by atoms with E-state index >= 15 is 0 Å². The Bertz CT molecular complexity index is 898. The van der Waals surface area contributed by atoms with Crippen LogP contribution in [0.1, 0.15) is 25.3 Å². The molecular weight excluding hydrogens is 302 g/mol. The summed E-state index contributed by atoms with van der Waals surface area (Å²) in [6.45, 7) is 2.86. The van der Waals surface area contributed by atoms with E-state index in [1.807, 2.05) is 42.5 Å². The van der Waals surface area contributed by atoms with Crippen molar-refractivity contribution < 1.29 is 4.74 Å². The Balaban J connectivity index is 1.76. The summed E-state index contributed by atoms with van der Waals surface area (Å²) in [6, 6.07) is 14.8. The van der Waals surface area contributed by atoms with E-state index in [0.29, 0.717) is 10.9 Å². The highest BCUT2D eigenvalue weighted by molar-refractivity contribution is 5.80. The molecule has 5 nitrogen and oxygen atoms in total. The second-order valence-corrected chi connectivity index (χ2v) is 5.43. The van der Waals surface area contributed by atoms with Gasteiger partial charge in [-0.2, -0.15) is 9.78 Å². The molecule has 0 aliphatic carbocycles. The lowest BCUT2D eigenvalue weighted by Gasteiger charge is -2.05. The zero-order valence-corrected chi connectivity index (χ0v) is 13.6. The predicted molar refractivity (Wildman–Crippen MR) is 95.8 cm³/mol. The standard InChI is InChI=1S/C19H19N3O2/c1-2-3-12-24-16-10-8-15(9-11-16)13-21-22-14-20-18-7-5-4-6-17(18)19(22)23/h4-11,13-14H,2-3,12H2,1H3/b21-13+. The molecule has 0 amide bonds. The number of benzene rings is 2. The van der Waals surface area contributed by atoms with Gasteiger partial charge in [0, 0.05) is 0 Å². The Morgan fingerprint density at radius 3 is 2.75 bits per heavy atom. The van der Waals surface area contributed by atoms with Gasteiger partial charge in [-0.3, -0.25) is 4.79 Å². The molecule has 1 heterocycles. The van der Waals surface area contributed by atoms with Crippen LogP contribution in [0.25, 0.3) is 10.9 Å². The molecule has 0 saturated heterocycles. The van der Waals surface area contributed by atoms with Crippen LogP contribution in [0.15, 0.2) is 64.8 Å². The highest BCUT2D eigenvalue weighted by Crippen LogP contribution is 2.11. The highest BCUT2D eigenvalue weighted by atomic mass is 16.5. The van der Waals surface area contributed by atoms with Crippen molar-refractivity contribution >= 4 is 17.1 Å². The first kappa shape index (κ1) is 15.9. The van der Waals surface area contributed by atoms with Crippen molar-refractivity contribution in [2.75, 3.05) is 6.61 Å². The molecule has 0 aliphatic rings. The van der Waals surface area contributed by atoms with Gasteiger partial charge >= 0.3 is 0 Å². The molecular formula is C19H19N3O2. The normalized spacial score (nSPS) is 11.2. The minimum Gasteiger partial charge on any atom is -0.494 e. The fourth-order valence-electron chi connectivity index (χ4n) is 2.26. The van der Waals surface area contributed by atoms with Crippen LogP contribution in [-0.4, -0.2) is 22.5 Å². The molecule has 3 rings (SSSR count). The number of aromatic nitrogens is 2. The molecule has 3 aromatic rings. The van der Waals surface area contributed by atoms with Gasteiger partial charge in [0.15, 0.2) is 0 Å². The number of hydrogen-bond acceptors (Lipinski definition) is 4. The van der Waals surface area contributed by atoms with Crippen LogP contribution in [-0.2, 0) is 0 Å². The maximum Gasteiger partial charge on any atom is 0.281 e. The van der Waals surface area contributed by atoms with Crippen LogP contribution in [0.5, 0.6) is 5.75 Å². The Kier molecular flexibility index (Phi) is 5.01. The third-order valence-electron chi connectivity index (χ3n) is 3.63. The van der Waals surface area contributed by atoms with Crippen molar-refractivity contribution in [2.45, 2.75) is 19.8 Å². The zero-order chi connectivity index (χ0) is 16.8. The average Bonchev–Trinajstić information content (AvgIpc) is 2.63. The molecule has 1 aromatic heterocycles. The molecule has 0 unspecified atom stereocenters. The molecule has 5 heteroatoms. The van der Waals surface area contributed by atoms with E-state index in [1.54, 1.807) is 12.3 Å². The second-order valence-electron chi connectivity index (χ2n) is 5.43. The Labute approximate surface area is 140 Å². The average molecular weight is 321 g/mol. The quantitative estimate of drug-likeness (QED) is 0.516. The van der Waals surface area contributed by atoms with Crippen LogP contribution in [0.2, 0.25) is 0 Å². The van der Waals surface area contributed by atoms with Crippen LogP contribution < -0.4 is 10.3 Å². The monoisotopic (exact) mass is 321 g/mol. The molecule has 0 radical (unpaired) electrons. The van der Waals surface area contributed by atoms with Crippen molar-refractivity contribution in [3.8, 4) is 5.75 Å². The van der Waals surface area contributed by atoms with E-state index in [4.69, 9.17) is 4.74 Å². The van der Waals surface area contributed by atoms with Crippen molar-refractivity contribution in [3.63, 3.8) is 0 Å². The summed E-state index contributed by atoms with van der Waals surface area (Å²) in [6.07, 6.45) is 5.22. The van der Waals surface area contributed by atoms with Crippen molar-refractivity contribution in [3.05, 3.63) is 70.8 Å². The van der Waals surface area contributed by atoms with E-state index in [-0.39, 0.29) is 5.56 Å². The largest absolute Gasteiger partial charge is 0.494 e. The fraction of sp³-hybridized carbons (Fsp3) is 0.211. The summed E-state index contributed by atoms with van der Waals surface area (Å²) < 4.78 is 6.87. The molecule has 2 aromatic carbocycles. The summed E-state index contributed by atoms with van der Waals surface area (Å²) in [7, 11) is 0. The minimum absolute atomic E-state index is 0.184. The van der Waals surface area contributed by atoms with Gasteiger partial charge in [-0.05, 0) is 48.4 Å². The molecule has 0 spiro atoms. The second kappa shape index (κ2) is 7.55. The van der Waals surface area contributed by atoms with Crippen LogP contribution in [0.4, 0.5) is 0 Å². The molecule has 24 heavy (non-hydrogen) atoms. The van der Waals surface area contributed by atoms with Crippen molar-refractivity contribution in [1.29, 1.82) is 0 Å². The predicted octanol–water partition coefficient (Wildman–Crippen LogP) is 3.46. The number of hydrogen-bond donors (Lipinski definition) is 0. The summed E-state index contributed by atoms with van der Waals surface area (Å²) >= 11 is 0. The molecule has 0 N–H and O–H groups in total. The van der Waals surface area contributed by atoms with Crippen molar-refractivity contribution in [2.24, 2.45) is 5.10 Å². The van der Waals surface area contributed by atoms with Crippen LogP contribution in [0, 0.1) is 0 Å². The maximum atomic E-state index is 12.3. The van der Waals surface area contributed by atoms with Gasteiger partial charge in [0.05, 0.1) is 23.7 Å². The van der Waals surface area contributed by atoms with Crippen molar-refractivity contribution in [1.82, 2.24) is 9.66 Å². The SMILES string of the molecule is CCCCOc1ccc(/C=N/n2cnc3ccccc3c2=O)cc1. The molecule has 0 atom stereocenters. The van der Waals surface area contributed by atoms with Gasteiger partial charge in [-0.15, -0.1) is 0 Å². The first-order valence-corrected chi connectivity index (χ1v) is 8.01. The van der Waals surface area contributed by atoms with E-state index in [9.17, 15) is 4.79 Å². The third-order valence-corrected chi connectivity index (χ3v) is 3.63. The van der Waals surface area contributed by atoms with Gasteiger partial charge < -0.3 is 4.74 Å². The van der Waals surface area contributed by atoms with Gasteiger partial charge in [0.1, 0.15) is 12.1 Å². The number of fused-ring (bicyclic) bond motifs is 1. The zero-order valence-electron chi connectivity index (χ0n) is 13.6. The fourth-order valence-corrected chi connectivity index (χ4v) is 2.26. The summed E-state index contributed by atoms with van der Waals surface area (Å²) in [5.41, 5.74) is 1.37. The smallest absolute Gasteiger partial charge is 0.281 e. The lowest BCUT2D eigenvalue weighted by Crippen LogP contribution is -2.16. The Morgan fingerprint density at radius 1 is 1.17 bits per heavy atom. The van der Waals surface area contributed by atoms with Gasteiger partial charge in [0.2, 0.25) is 0 Å². The van der Waals surface area contributed by atoms with E-state index in [0.717, 1.165) is 30.8 Å².